The quantitative estimate of drug-likeness (QED) is 0.695. The molecule has 100 valence electrons. The third kappa shape index (κ3) is 3.89. The summed E-state index contributed by atoms with van der Waals surface area (Å²) in [6.07, 6.45) is 3.94. The molecule has 4 atom stereocenters. The summed E-state index contributed by atoms with van der Waals surface area (Å²) in [5.41, 5.74) is 0. The Labute approximate surface area is 102 Å². The highest BCUT2D eigenvalue weighted by Gasteiger charge is 2.27. The van der Waals surface area contributed by atoms with E-state index in [0.29, 0.717) is 13.2 Å². The highest BCUT2D eigenvalue weighted by molar-refractivity contribution is 4.75. The maximum Gasteiger partial charge on any atom is 0.0814 e. The van der Waals surface area contributed by atoms with Crippen molar-refractivity contribution in [2.75, 3.05) is 26.4 Å². The minimum atomic E-state index is -0.00917. The molecular weight excluding hydrogens is 224 g/mol. The third-order valence-electron chi connectivity index (χ3n) is 3.41. The summed E-state index contributed by atoms with van der Waals surface area (Å²) in [6, 6.07) is 0. The van der Waals surface area contributed by atoms with Crippen molar-refractivity contribution < 1.29 is 24.4 Å². The van der Waals surface area contributed by atoms with Crippen molar-refractivity contribution >= 4 is 0 Å². The van der Waals surface area contributed by atoms with E-state index in [2.05, 4.69) is 0 Å². The molecule has 2 N–H and O–H groups in total. The summed E-state index contributed by atoms with van der Waals surface area (Å²) in [7, 11) is 0. The maximum atomic E-state index is 8.93. The number of aliphatic hydroxyl groups excluding tert-OH is 2. The summed E-state index contributed by atoms with van der Waals surface area (Å²) in [5.74, 6) is 0. The lowest BCUT2D eigenvalue weighted by atomic mass is 10.2. The van der Waals surface area contributed by atoms with Crippen molar-refractivity contribution in [1.82, 2.24) is 0 Å². The van der Waals surface area contributed by atoms with Gasteiger partial charge in [0, 0.05) is 0 Å². The van der Waals surface area contributed by atoms with Gasteiger partial charge in [-0.1, -0.05) is 0 Å². The standard InChI is InChI=1S/C12H22O5/c13-5-9-1-3-11(16-9)7-15-8-12-4-2-10(6-14)17-12/h9-14H,1-8H2/t9-,10+,11-,12+. The van der Waals surface area contributed by atoms with Gasteiger partial charge in [0.15, 0.2) is 0 Å². The summed E-state index contributed by atoms with van der Waals surface area (Å²) in [4.78, 5) is 0. The highest BCUT2D eigenvalue weighted by atomic mass is 16.6. The van der Waals surface area contributed by atoms with E-state index in [1.165, 1.54) is 0 Å². The molecule has 2 fully saturated rings. The molecule has 2 heterocycles. The normalized spacial score (nSPS) is 37.8. The van der Waals surface area contributed by atoms with Crippen molar-refractivity contribution in [2.24, 2.45) is 0 Å². The SMILES string of the molecule is OC[C@@H]1CC[C@@H](COC[C@H]2CC[C@H](CO)O2)O1. The van der Waals surface area contributed by atoms with Crippen molar-refractivity contribution in [2.45, 2.75) is 50.1 Å². The summed E-state index contributed by atoms with van der Waals surface area (Å²) in [5, 5.41) is 17.9. The maximum absolute atomic E-state index is 8.93. The second kappa shape index (κ2) is 6.66. The van der Waals surface area contributed by atoms with Gasteiger partial charge < -0.3 is 24.4 Å². The average Bonchev–Trinajstić information content (AvgIpc) is 2.97. The second-order valence-corrected chi connectivity index (χ2v) is 4.82. The molecule has 0 aromatic rings. The Bertz CT molecular complexity index is 201. The van der Waals surface area contributed by atoms with E-state index in [9.17, 15) is 0 Å². The van der Waals surface area contributed by atoms with Crippen LogP contribution in [0.1, 0.15) is 25.7 Å². The Morgan fingerprint density at radius 2 is 1.18 bits per heavy atom. The van der Waals surface area contributed by atoms with Crippen LogP contribution >= 0.6 is 0 Å². The molecule has 2 rings (SSSR count). The lowest BCUT2D eigenvalue weighted by Gasteiger charge is -2.15. The predicted molar refractivity (Wildman–Crippen MR) is 60.8 cm³/mol. The summed E-state index contributed by atoms with van der Waals surface area (Å²) in [6.45, 7) is 1.33. The van der Waals surface area contributed by atoms with Crippen LogP contribution in [0.4, 0.5) is 0 Å². The lowest BCUT2D eigenvalue weighted by molar-refractivity contribution is -0.0647. The molecule has 2 aliphatic heterocycles. The number of hydrogen-bond donors (Lipinski definition) is 2. The van der Waals surface area contributed by atoms with Crippen LogP contribution in [0.2, 0.25) is 0 Å². The Kier molecular flexibility index (Phi) is 5.18. The number of ether oxygens (including phenoxy) is 3. The van der Waals surface area contributed by atoms with Gasteiger partial charge in [-0.15, -0.1) is 0 Å². The number of hydrogen-bond acceptors (Lipinski definition) is 5. The molecule has 0 unspecified atom stereocenters. The zero-order chi connectivity index (χ0) is 12.1. The first-order valence-corrected chi connectivity index (χ1v) is 6.42. The van der Waals surface area contributed by atoms with Gasteiger partial charge in [-0.2, -0.15) is 0 Å². The van der Waals surface area contributed by atoms with Gasteiger partial charge in [0.2, 0.25) is 0 Å². The van der Waals surface area contributed by atoms with Crippen LogP contribution in [0.15, 0.2) is 0 Å². The molecule has 5 heteroatoms. The van der Waals surface area contributed by atoms with Gasteiger partial charge in [0.1, 0.15) is 0 Å². The molecule has 0 spiro atoms. The van der Waals surface area contributed by atoms with Crippen LogP contribution < -0.4 is 0 Å². The van der Waals surface area contributed by atoms with Gasteiger partial charge >= 0.3 is 0 Å². The molecule has 0 aromatic heterocycles. The van der Waals surface area contributed by atoms with Gasteiger partial charge in [0.05, 0.1) is 50.8 Å². The van der Waals surface area contributed by atoms with E-state index in [1.807, 2.05) is 0 Å². The minimum Gasteiger partial charge on any atom is -0.394 e. The van der Waals surface area contributed by atoms with E-state index in [0.717, 1.165) is 25.7 Å². The highest BCUT2D eigenvalue weighted by Crippen LogP contribution is 2.21. The Morgan fingerprint density at radius 1 is 0.765 bits per heavy atom. The Morgan fingerprint density at radius 3 is 1.53 bits per heavy atom. The molecule has 0 bridgehead atoms. The molecule has 0 saturated carbocycles. The molecule has 0 amide bonds. The van der Waals surface area contributed by atoms with Crippen molar-refractivity contribution in [3.05, 3.63) is 0 Å². The van der Waals surface area contributed by atoms with Crippen LogP contribution in [0.25, 0.3) is 0 Å². The molecule has 2 aliphatic rings. The minimum absolute atomic E-state index is 0.00917. The van der Waals surface area contributed by atoms with E-state index in [1.54, 1.807) is 0 Å². The van der Waals surface area contributed by atoms with E-state index in [4.69, 9.17) is 24.4 Å². The molecule has 0 radical (unpaired) electrons. The zero-order valence-electron chi connectivity index (χ0n) is 10.1. The fraction of sp³-hybridized carbons (Fsp3) is 1.00. The van der Waals surface area contributed by atoms with E-state index < -0.39 is 0 Å². The first-order chi connectivity index (χ1) is 8.31. The average molecular weight is 246 g/mol. The Hall–Kier alpha value is -0.200. The molecule has 5 nitrogen and oxygen atoms in total. The fourth-order valence-electron chi connectivity index (χ4n) is 2.40. The van der Waals surface area contributed by atoms with Crippen molar-refractivity contribution in [3.8, 4) is 0 Å². The van der Waals surface area contributed by atoms with Gasteiger partial charge in [0.25, 0.3) is 0 Å². The van der Waals surface area contributed by atoms with Gasteiger partial charge in [-0.05, 0) is 25.7 Å². The van der Waals surface area contributed by atoms with Gasteiger partial charge in [-0.25, -0.2) is 0 Å². The Balaban J connectivity index is 1.55. The van der Waals surface area contributed by atoms with Crippen LogP contribution in [0.5, 0.6) is 0 Å². The molecule has 0 aliphatic carbocycles. The van der Waals surface area contributed by atoms with Crippen LogP contribution in [0.3, 0.4) is 0 Å². The van der Waals surface area contributed by atoms with E-state index >= 15 is 0 Å². The van der Waals surface area contributed by atoms with Crippen LogP contribution in [0, 0.1) is 0 Å². The molecule has 17 heavy (non-hydrogen) atoms. The fourth-order valence-corrected chi connectivity index (χ4v) is 2.40. The predicted octanol–water partition coefficient (Wildman–Crippen LogP) is 0.0828. The smallest absolute Gasteiger partial charge is 0.0814 e. The molecule has 2 saturated heterocycles. The first kappa shape index (κ1) is 13.2. The van der Waals surface area contributed by atoms with Crippen LogP contribution in [-0.4, -0.2) is 61.1 Å². The van der Waals surface area contributed by atoms with Crippen molar-refractivity contribution in [3.63, 3.8) is 0 Å². The second-order valence-electron chi connectivity index (χ2n) is 4.82. The number of rotatable bonds is 6. The molecule has 0 aromatic carbocycles. The van der Waals surface area contributed by atoms with Crippen molar-refractivity contribution in [1.29, 1.82) is 0 Å². The molecular formula is C12H22O5. The topological polar surface area (TPSA) is 68.2 Å². The number of aliphatic hydroxyl groups is 2. The monoisotopic (exact) mass is 246 g/mol. The van der Waals surface area contributed by atoms with E-state index in [-0.39, 0.29) is 37.6 Å². The van der Waals surface area contributed by atoms with Crippen LogP contribution in [-0.2, 0) is 14.2 Å². The summed E-state index contributed by atoms with van der Waals surface area (Å²) >= 11 is 0. The summed E-state index contributed by atoms with van der Waals surface area (Å²) < 4.78 is 16.7. The van der Waals surface area contributed by atoms with Gasteiger partial charge in [-0.3, -0.25) is 0 Å². The third-order valence-corrected chi connectivity index (χ3v) is 3.41. The largest absolute Gasteiger partial charge is 0.394 e. The zero-order valence-corrected chi connectivity index (χ0v) is 10.1. The first-order valence-electron chi connectivity index (χ1n) is 6.42. The lowest BCUT2D eigenvalue weighted by Crippen LogP contribution is -2.23.